The van der Waals surface area contributed by atoms with Gasteiger partial charge in [0.05, 0.1) is 5.69 Å². The molecule has 0 spiro atoms. The SMILES string of the molecule is Cc1cc(C)c(NC(C)c2ccc(N(C)C)cc2)c(Br)c1. The molecule has 0 aliphatic rings. The molecule has 0 fully saturated rings. The zero-order valence-electron chi connectivity index (χ0n) is 13.4. The van der Waals surface area contributed by atoms with Crippen LogP contribution in [0.5, 0.6) is 0 Å². The molecule has 2 aromatic carbocycles. The molecule has 0 bridgehead atoms. The first kappa shape index (κ1) is 15.9. The van der Waals surface area contributed by atoms with Crippen LogP contribution in [0.25, 0.3) is 0 Å². The van der Waals surface area contributed by atoms with Crippen LogP contribution in [0.3, 0.4) is 0 Å². The lowest BCUT2D eigenvalue weighted by molar-refractivity contribution is 0.880. The predicted octanol–water partition coefficient (Wildman–Crippen LogP) is 5.31. The molecule has 112 valence electrons. The van der Waals surface area contributed by atoms with Gasteiger partial charge in [0.15, 0.2) is 0 Å². The van der Waals surface area contributed by atoms with Gasteiger partial charge >= 0.3 is 0 Å². The van der Waals surface area contributed by atoms with Crippen molar-refractivity contribution in [1.82, 2.24) is 0 Å². The van der Waals surface area contributed by atoms with Crippen molar-refractivity contribution in [3.63, 3.8) is 0 Å². The highest BCUT2D eigenvalue weighted by Gasteiger charge is 2.10. The van der Waals surface area contributed by atoms with Crippen LogP contribution >= 0.6 is 15.9 Å². The second-order valence-electron chi connectivity index (χ2n) is 5.79. The molecule has 2 aromatic rings. The Bertz CT molecular complexity index is 595. The minimum atomic E-state index is 0.263. The van der Waals surface area contributed by atoms with Crippen molar-refractivity contribution >= 4 is 27.3 Å². The van der Waals surface area contributed by atoms with Gasteiger partial charge in [0.2, 0.25) is 0 Å². The molecule has 0 heterocycles. The number of anilines is 2. The third-order valence-electron chi connectivity index (χ3n) is 3.70. The number of hydrogen-bond acceptors (Lipinski definition) is 2. The topological polar surface area (TPSA) is 15.3 Å². The van der Waals surface area contributed by atoms with Crippen LogP contribution in [-0.4, -0.2) is 14.1 Å². The Morgan fingerprint density at radius 1 is 1.05 bits per heavy atom. The van der Waals surface area contributed by atoms with E-state index < -0.39 is 0 Å². The number of benzene rings is 2. The number of nitrogens with zero attached hydrogens (tertiary/aromatic N) is 1. The Morgan fingerprint density at radius 2 is 1.67 bits per heavy atom. The van der Waals surface area contributed by atoms with E-state index in [1.807, 2.05) is 0 Å². The summed E-state index contributed by atoms with van der Waals surface area (Å²) >= 11 is 3.66. The van der Waals surface area contributed by atoms with E-state index in [4.69, 9.17) is 0 Å². The van der Waals surface area contributed by atoms with Gasteiger partial charge in [0.1, 0.15) is 0 Å². The van der Waals surface area contributed by atoms with E-state index in [2.05, 4.69) is 97.4 Å². The molecule has 1 N–H and O–H groups in total. The molecule has 0 saturated carbocycles. The molecule has 21 heavy (non-hydrogen) atoms. The normalized spacial score (nSPS) is 12.1. The van der Waals surface area contributed by atoms with Gasteiger partial charge in [-0.3, -0.25) is 0 Å². The average molecular weight is 347 g/mol. The lowest BCUT2D eigenvalue weighted by atomic mass is 10.1. The Labute approximate surface area is 136 Å². The Hall–Kier alpha value is -1.48. The highest BCUT2D eigenvalue weighted by molar-refractivity contribution is 9.10. The van der Waals surface area contributed by atoms with Crippen molar-refractivity contribution in [2.75, 3.05) is 24.3 Å². The zero-order valence-corrected chi connectivity index (χ0v) is 15.0. The lowest BCUT2D eigenvalue weighted by Gasteiger charge is -2.20. The van der Waals surface area contributed by atoms with E-state index in [0.717, 1.165) is 4.47 Å². The van der Waals surface area contributed by atoms with E-state index >= 15 is 0 Å². The Kier molecular flexibility index (Phi) is 4.94. The summed E-state index contributed by atoms with van der Waals surface area (Å²) in [5, 5.41) is 3.61. The van der Waals surface area contributed by atoms with Crippen LogP contribution < -0.4 is 10.2 Å². The zero-order chi connectivity index (χ0) is 15.6. The molecule has 1 unspecified atom stereocenters. The van der Waals surface area contributed by atoms with Gasteiger partial charge in [-0.25, -0.2) is 0 Å². The van der Waals surface area contributed by atoms with Crippen molar-refractivity contribution in [1.29, 1.82) is 0 Å². The van der Waals surface area contributed by atoms with E-state index in [0.29, 0.717) is 0 Å². The summed E-state index contributed by atoms with van der Waals surface area (Å²) in [5.41, 5.74) is 6.21. The maximum absolute atomic E-state index is 3.66. The molecule has 2 nitrogen and oxygen atoms in total. The molecule has 2 rings (SSSR count). The standard InChI is InChI=1S/C18H23BrN2/c1-12-10-13(2)18(17(19)11-12)20-14(3)15-6-8-16(9-7-15)21(4)5/h6-11,14,20H,1-5H3. The van der Waals surface area contributed by atoms with Crippen molar-refractivity contribution in [2.45, 2.75) is 26.8 Å². The first-order valence-electron chi connectivity index (χ1n) is 7.19. The van der Waals surface area contributed by atoms with Crippen molar-refractivity contribution in [2.24, 2.45) is 0 Å². The quantitative estimate of drug-likeness (QED) is 0.807. The van der Waals surface area contributed by atoms with Crippen molar-refractivity contribution in [3.05, 3.63) is 57.6 Å². The van der Waals surface area contributed by atoms with Crippen LogP contribution in [-0.2, 0) is 0 Å². The van der Waals surface area contributed by atoms with Gasteiger partial charge in [0, 0.05) is 30.3 Å². The summed E-state index contributed by atoms with van der Waals surface area (Å²) in [6.07, 6.45) is 0. The summed E-state index contributed by atoms with van der Waals surface area (Å²) in [6, 6.07) is 13.3. The van der Waals surface area contributed by atoms with E-state index in [1.54, 1.807) is 0 Å². The van der Waals surface area contributed by atoms with Gasteiger partial charge in [0.25, 0.3) is 0 Å². The highest BCUT2D eigenvalue weighted by atomic mass is 79.9. The van der Waals surface area contributed by atoms with Gasteiger partial charge in [-0.2, -0.15) is 0 Å². The molecular weight excluding hydrogens is 324 g/mol. The van der Waals surface area contributed by atoms with Gasteiger partial charge in [-0.15, -0.1) is 0 Å². The number of halogens is 1. The largest absolute Gasteiger partial charge is 0.378 e. The first-order chi connectivity index (χ1) is 9.88. The van der Waals surface area contributed by atoms with E-state index in [-0.39, 0.29) is 6.04 Å². The van der Waals surface area contributed by atoms with Crippen molar-refractivity contribution in [3.8, 4) is 0 Å². The molecule has 0 radical (unpaired) electrons. The minimum absolute atomic E-state index is 0.263. The summed E-state index contributed by atoms with van der Waals surface area (Å²) in [4.78, 5) is 2.11. The monoisotopic (exact) mass is 346 g/mol. The fourth-order valence-corrected chi connectivity index (χ4v) is 3.25. The molecule has 0 saturated heterocycles. The van der Waals surface area contributed by atoms with Crippen molar-refractivity contribution < 1.29 is 0 Å². The molecule has 3 heteroatoms. The number of aryl methyl sites for hydroxylation is 2. The maximum Gasteiger partial charge on any atom is 0.0519 e. The van der Waals surface area contributed by atoms with Crippen LogP contribution in [0.1, 0.15) is 29.7 Å². The molecule has 0 aliphatic carbocycles. The smallest absolute Gasteiger partial charge is 0.0519 e. The van der Waals surface area contributed by atoms with Gasteiger partial charge in [-0.1, -0.05) is 18.2 Å². The number of nitrogens with one attached hydrogen (secondary N) is 1. The number of hydrogen-bond donors (Lipinski definition) is 1. The molecule has 1 atom stereocenters. The fraction of sp³-hybridized carbons (Fsp3) is 0.333. The third kappa shape index (κ3) is 3.79. The Balaban J connectivity index is 2.20. The second-order valence-corrected chi connectivity index (χ2v) is 6.64. The molecule has 0 aliphatic heterocycles. The summed E-state index contributed by atoms with van der Waals surface area (Å²) < 4.78 is 1.12. The van der Waals surface area contributed by atoms with Crippen LogP contribution in [0, 0.1) is 13.8 Å². The second kappa shape index (κ2) is 6.52. The van der Waals surface area contributed by atoms with Gasteiger partial charge < -0.3 is 10.2 Å². The minimum Gasteiger partial charge on any atom is -0.378 e. The lowest BCUT2D eigenvalue weighted by Crippen LogP contribution is -2.10. The summed E-state index contributed by atoms with van der Waals surface area (Å²) in [7, 11) is 4.12. The number of rotatable bonds is 4. The average Bonchev–Trinajstić information content (AvgIpc) is 2.42. The molecular formula is C18H23BrN2. The maximum atomic E-state index is 3.66. The highest BCUT2D eigenvalue weighted by Crippen LogP contribution is 2.31. The Morgan fingerprint density at radius 3 is 2.19 bits per heavy atom. The van der Waals surface area contributed by atoms with E-state index in [9.17, 15) is 0 Å². The fourth-order valence-electron chi connectivity index (χ4n) is 2.46. The van der Waals surface area contributed by atoms with Crippen LogP contribution in [0.15, 0.2) is 40.9 Å². The van der Waals surface area contributed by atoms with Crippen LogP contribution in [0.2, 0.25) is 0 Å². The summed E-state index contributed by atoms with van der Waals surface area (Å²) in [6.45, 7) is 6.45. The summed E-state index contributed by atoms with van der Waals surface area (Å²) in [5.74, 6) is 0. The van der Waals surface area contributed by atoms with Gasteiger partial charge in [-0.05, 0) is 71.6 Å². The molecule has 0 aromatic heterocycles. The first-order valence-corrected chi connectivity index (χ1v) is 7.98. The van der Waals surface area contributed by atoms with Crippen LogP contribution in [0.4, 0.5) is 11.4 Å². The molecule has 0 amide bonds. The third-order valence-corrected chi connectivity index (χ3v) is 4.33. The predicted molar refractivity (Wildman–Crippen MR) is 96.4 cm³/mol. The van der Waals surface area contributed by atoms with E-state index in [1.165, 1.54) is 28.1 Å².